The number of nitriles is 2. The van der Waals surface area contributed by atoms with Crippen LogP contribution in [-0.2, 0) is 0 Å². The van der Waals surface area contributed by atoms with Gasteiger partial charge < -0.3 is 9.13 Å². The molecule has 0 N–H and O–H groups in total. The third-order valence-electron chi connectivity index (χ3n) is 7.88. The Morgan fingerprint density at radius 1 is 0.674 bits per heavy atom. The second kappa shape index (κ2) is 11.1. The van der Waals surface area contributed by atoms with E-state index in [1.165, 1.54) is 10.8 Å². The maximum absolute atomic E-state index is 9.62. The molecule has 0 amide bonds. The number of allylic oxidation sites excluding steroid dienone is 3. The second-order valence-electron chi connectivity index (χ2n) is 10.0. The molecule has 0 aliphatic carbocycles. The van der Waals surface area contributed by atoms with Crippen molar-refractivity contribution >= 4 is 49.3 Å². The number of hydrogen-bond acceptors (Lipinski definition) is 2. The van der Waals surface area contributed by atoms with Gasteiger partial charge >= 0.3 is 0 Å². The first-order chi connectivity index (χ1) is 21.2. The molecule has 7 aromatic rings. The van der Waals surface area contributed by atoms with Crippen molar-refractivity contribution in [2.75, 3.05) is 0 Å². The predicted molar refractivity (Wildman–Crippen MR) is 180 cm³/mol. The third kappa shape index (κ3) is 4.22. The Balaban J connectivity index is 0.00000161. The van der Waals surface area contributed by atoms with E-state index in [-0.39, 0.29) is 0 Å². The molecule has 5 aromatic carbocycles. The highest BCUT2D eigenvalue weighted by Gasteiger charge is 2.18. The Morgan fingerprint density at radius 3 is 1.98 bits per heavy atom. The summed E-state index contributed by atoms with van der Waals surface area (Å²) in [6, 6.07) is 39.6. The van der Waals surface area contributed by atoms with Crippen LogP contribution in [0.1, 0.15) is 18.1 Å². The lowest BCUT2D eigenvalue weighted by Crippen LogP contribution is -1.96. The number of nitrogens with zero attached hydrogens (tertiary/aromatic N) is 4. The molecule has 4 nitrogen and oxygen atoms in total. The summed E-state index contributed by atoms with van der Waals surface area (Å²) in [6.07, 6.45) is 3.99. The van der Waals surface area contributed by atoms with Gasteiger partial charge in [-0.2, -0.15) is 10.5 Å². The van der Waals surface area contributed by atoms with Crippen LogP contribution in [0.4, 0.5) is 0 Å². The molecule has 0 fully saturated rings. The molecule has 0 saturated heterocycles. The summed E-state index contributed by atoms with van der Waals surface area (Å²) in [5.74, 6) is 0. The molecule has 204 valence electrons. The normalized spacial score (nSPS) is 11.3. The predicted octanol–water partition coefficient (Wildman–Crippen LogP) is 10.2. The summed E-state index contributed by atoms with van der Waals surface area (Å²) in [5.41, 5.74) is 9.38. The van der Waals surface area contributed by atoms with Crippen LogP contribution in [0.5, 0.6) is 0 Å². The number of fused-ring (bicyclic) bond motifs is 6. The first-order valence-corrected chi connectivity index (χ1v) is 14.0. The molecule has 2 aromatic heterocycles. The van der Waals surface area contributed by atoms with Crippen LogP contribution >= 0.6 is 0 Å². The number of aromatic nitrogens is 2. The smallest absolute Gasteiger partial charge is 0.0992 e. The monoisotopic (exact) mass is 552 g/mol. The highest BCUT2D eigenvalue weighted by Crippen LogP contribution is 2.41. The molecule has 7 rings (SSSR count). The molecular weight excluding hydrogens is 524 g/mol. The SMILES string of the molecule is C=C.C=C/C(=C\C)n1c2ccccc2c2c(-c3ccc4c(c3)c3ccccc3n4-c3cc(C#N)cc(C#N)c3)cccc21. The Kier molecular flexibility index (Phi) is 6.96. The van der Waals surface area contributed by atoms with Gasteiger partial charge in [-0.05, 0) is 72.7 Å². The van der Waals surface area contributed by atoms with E-state index in [0.717, 1.165) is 55.4 Å². The van der Waals surface area contributed by atoms with Gasteiger partial charge in [-0.1, -0.05) is 67.3 Å². The van der Waals surface area contributed by atoms with Crippen molar-refractivity contribution in [2.45, 2.75) is 6.92 Å². The summed E-state index contributed by atoms with van der Waals surface area (Å²) in [5, 5.41) is 23.9. The van der Waals surface area contributed by atoms with Crippen LogP contribution in [0.15, 0.2) is 135 Å². The molecule has 0 atom stereocenters. The first-order valence-electron chi connectivity index (χ1n) is 14.0. The summed E-state index contributed by atoms with van der Waals surface area (Å²) in [4.78, 5) is 0. The van der Waals surface area contributed by atoms with E-state index < -0.39 is 0 Å². The number of para-hydroxylation sites is 2. The zero-order chi connectivity index (χ0) is 30.1. The van der Waals surface area contributed by atoms with Gasteiger partial charge in [0.2, 0.25) is 0 Å². The Morgan fingerprint density at radius 2 is 1.30 bits per heavy atom. The number of rotatable bonds is 4. The van der Waals surface area contributed by atoms with E-state index in [2.05, 4.69) is 120 Å². The van der Waals surface area contributed by atoms with Crippen LogP contribution in [0.2, 0.25) is 0 Å². The average Bonchev–Trinajstić information content (AvgIpc) is 3.59. The molecule has 0 saturated carbocycles. The Labute approximate surface area is 250 Å². The van der Waals surface area contributed by atoms with Gasteiger partial charge in [0.25, 0.3) is 0 Å². The molecule has 0 unspecified atom stereocenters. The fourth-order valence-electron chi connectivity index (χ4n) is 6.16. The van der Waals surface area contributed by atoms with Gasteiger partial charge in [-0.3, -0.25) is 0 Å². The van der Waals surface area contributed by atoms with Gasteiger partial charge in [0.1, 0.15) is 0 Å². The summed E-state index contributed by atoms with van der Waals surface area (Å²) in [7, 11) is 0. The number of hydrogen-bond donors (Lipinski definition) is 0. The topological polar surface area (TPSA) is 57.4 Å². The Hall–Kier alpha value is -6.10. The Bertz CT molecular complexity index is 2300. The summed E-state index contributed by atoms with van der Waals surface area (Å²) in [6.45, 7) is 12.1. The van der Waals surface area contributed by atoms with Crippen molar-refractivity contribution in [1.82, 2.24) is 9.13 Å². The van der Waals surface area contributed by atoms with E-state index >= 15 is 0 Å². The quantitative estimate of drug-likeness (QED) is 0.161. The molecular formula is C39H28N4. The lowest BCUT2D eigenvalue weighted by molar-refractivity contribution is 1.17. The minimum absolute atomic E-state index is 0.463. The van der Waals surface area contributed by atoms with E-state index in [0.29, 0.717) is 11.1 Å². The average molecular weight is 553 g/mol. The molecule has 4 heteroatoms. The van der Waals surface area contributed by atoms with Gasteiger partial charge in [0, 0.05) is 32.9 Å². The standard InChI is InChI=1S/C37H24N4.C2H4/c1-3-27(4-2)40-34-14-8-6-11-31(34)37-29(12-9-15-36(37)40)26-16-17-35-32(21-26)30-10-5-7-13-33(30)41(35)28-19-24(22-38)18-25(20-28)23-39;1-2/h3-21H,1H2,2H3;1-2H2/b27-4+;. The van der Waals surface area contributed by atoms with E-state index in [9.17, 15) is 10.5 Å². The summed E-state index contributed by atoms with van der Waals surface area (Å²) >= 11 is 0. The van der Waals surface area contributed by atoms with E-state index in [4.69, 9.17) is 0 Å². The second-order valence-corrected chi connectivity index (χ2v) is 10.0. The molecule has 0 aliphatic heterocycles. The van der Waals surface area contributed by atoms with Crippen LogP contribution < -0.4 is 0 Å². The van der Waals surface area contributed by atoms with Gasteiger partial charge in [0.15, 0.2) is 0 Å². The number of benzene rings is 5. The van der Waals surface area contributed by atoms with Crippen LogP contribution in [-0.4, -0.2) is 9.13 Å². The molecule has 2 heterocycles. The maximum atomic E-state index is 9.62. The molecule has 0 bridgehead atoms. The van der Waals surface area contributed by atoms with E-state index in [1.54, 1.807) is 6.07 Å². The van der Waals surface area contributed by atoms with Crippen molar-refractivity contribution < 1.29 is 0 Å². The van der Waals surface area contributed by atoms with Gasteiger partial charge in [0.05, 0.1) is 45.3 Å². The van der Waals surface area contributed by atoms with Crippen molar-refractivity contribution in [3.63, 3.8) is 0 Å². The molecule has 43 heavy (non-hydrogen) atoms. The third-order valence-corrected chi connectivity index (χ3v) is 7.88. The zero-order valence-corrected chi connectivity index (χ0v) is 23.9. The summed E-state index contributed by atoms with van der Waals surface area (Å²) < 4.78 is 4.42. The van der Waals surface area contributed by atoms with Crippen molar-refractivity contribution in [2.24, 2.45) is 0 Å². The fraction of sp³-hybridized carbons (Fsp3) is 0.0256. The lowest BCUT2D eigenvalue weighted by Gasteiger charge is -2.10. The van der Waals surface area contributed by atoms with Gasteiger partial charge in [-0.15, -0.1) is 13.2 Å². The van der Waals surface area contributed by atoms with Crippen LogP contribution in [0.25, 0.3) is 66.1 Å². The largest absolute Gasteiger partial charge is 0.310 e. The van der Waals surface area contributed by atoms with E-state index in [1.807, 2.05) is 37.3 Å². The van der Waals surface area contributed by atoms with Crippen molar-refractivity contribution in [3.05, 3.63) is 146 Å². The lowest BCUT2D eigenvalue weighted by atomic mass is 9.98. The van der Waals surface area contributed by atoms with Gasteiger partial charge in [-0.25, -0.2) is 0 Å². The minimum Gasteiger partial charge on any atom is -0.310 e. The zero-order valence-electron chi connectivity index (χ0n) is 23.9. The maximum Gasteiger partial charge on any atom is 0.0992 e. The first kappa shape index (κ1) is 27.1. The fourth-order valence-corrected chi connectivity index (χ4v) is 6.16. The van der Waals surface area contributed by atoms with Crippen LogP contribution in [0.3, 0.4) is 0 Å². The highest BCUT2D eigenvalue weighted by atomic mass is 15.0. The van der Waals surface area contributed by atoms with Crippen molar-refractivity contribution in [3.8, 4) is 29.0 Å². The van der Waals surface area contributed by atoms with Crippen LogP contribution in [0, 0.1) is 22.7 Å². The molecule has 0 radical (unpaired) electrons. The highest BCUT2D eigenvalue weighted by molar-refractivity contribution is 6.18. The van der Waals surface area contributed by atoms with Crippen molar-refractivity contribution in [1.29, 1.82) is 10.5 Å². The minimum atomic E-state index is 0.463. The molecule has 0 spiro atoms. The molecule has 0 aliphatic rings.